The van der Waals surface area contributed by atoms with Crippen LogP contribution in [0.2, 0.25) is 0 Å². The smallest absolute Gasteiger partial charge is 0.316 e. The molecule has 1 N–H and O–H groups in total. The van der Waals surface area contributed by atoms with Gasteiger partial charge in [0.2, 0.25) is 0 Å². The zero-order chi connectivity index (χ0) is 11.3. The van der Waals surface area contributed by atoms with Gasteiger partial charge in [-0.05, 0) is 24.7 Å². The van der Waals surface area contributed by atoms with E-state index in [4.69, 9.17) is 5.11 Å². The first kappa shape index (κ1) is 10.8. The number of alkyl halides is 2. The molecule has 2 fully saturated rings. The zero-order valence-corrected chi connectivity index (χ0v) is 8.80. The molecular formula is C11H16F2O2. The van der Waals surface area contributed by atoms with Crippen molar-refractivity contribution >= 4 is 5.97 Å². The predicted octanol–water partition coefficient (Wildman–Crippen LogP) is 2.92. The third kappa shape index (κ3) is 1.45. The summed E-state index contributed by atoms with van der Waals surface area (Å²) in [6.45, 7) is 2.09. The van der Waals surface area contributed by atoms with E-state index in [9.17, 15) is 13.6 Å². The summed E-state index contributed by atoms with van der Waals surface area (Å²) in [5.74, 6) is -4.03. The molecule has 0 radical (unpaired) electrons. The fraction of sp³-hybridized carbons (Fsp3) is 0.909. The average Bonchev–Trinajstić information content (AvgIpc) is 2.72. The van der Waals surface area contributed by atoms with Gasteiger partial charge in [0.1, 0.15) is 5.41 Å². The van der Waals surface area contributed by atoms with Gasteiger partial charge in [-0.15, -0.1) is 0 Å². The Bertz CT molecular complexity index is 282. The molecule has 0 aromatic rings. The molecule has 4 heteroatoms. The minimum atomic E-state index is -2.97. The molecular weight excluding hydrogens is 202 g/mol. The molecule has 15 heavy (non-hydrogen) atoms. The maximum Gasteiger partial charge on any atom is 0.316 e. The van der Waals surface area contributed by atoms with Crippen LogP contribution >= 0.6 is 0 Å². The lowest BCUT2D eigenvalue weighted by Gasteiger charge is -2.30. The molecule has 2 rings (SSSR count). The molecule has 0 aliphatic heterocycles. The quantitative estimate of drug-likeness (QED) is 0.773. The maximum atomic E-state index is 13.2. The highest BCUT2D eigenvalue weighted by Gasteiger charge is 2.78. The van der Waals surface area contributed by atoms with Crippen molar-refractivity contribution in [2.24, 2.45) is 17.3 Å². The van der Waals surface area contributed by atoms with Crippen molar-refractivity contribution < 1.29 is 18.7 Å². The number of carboxylic acid groups (broad SMARTS) is 1. The number of carboxylic acids is 1. The largest absolute Gasteiger partial charge is 0.481 e. The van der Waals surface area contributed by atoms with E-state index in [-0.39, 0.29) is 5.92 Å². The molecule has 2 saturated carbocycles. The summed E-state index contributed by atoms with van der Waals surface area (Å²) in [7, 11) is 0. The van der Waals surface area contributed by atoms with E-state index < -0.39 is 23.7 Å². The van der Waals surface area contributed by atoms with Gasteiger partial charge in [0.05, 0.1) is 0 Å². The van der Waals surface area contributed by atoms with Crippen molar-refractivity contribution in [3.63, 3.8) is 0 Å². The molecule has 86 valence electrons. The second-order valence-corrected chi connectivity index (χ2v) is 5.11. The van der Waals surface area contributed by atoms with Gasteiger partial charge in [0.15, 0.2) is 0 Å². The van der Waals surface area contributed by atoms with Crippen LogP contribution in [-0.4, -0.2) is 17.0 Å². The van der Waals surface area contributed by atoms with Crippen LogP contribution in [0.4, 0.5) is 8.78 Å². The Hall–Kier alpha value is -0.670. The van der Waals surface area contributed by atoms with Gasteiger partial charge in [0.25, 0.3) is 5.92 Å². The van der Waals surface area contributed by atoms with Gasteiger partial charge < -0.3 is 5.11 Å². The molecule has 0 bridgehead atoms. The summed E-state index contributed by atoms with van der Waals surface area (Å²) < 4.78 is 26.4. The van der Waals surface area contributed by atoms with Gasteiger partial charge in [-0.3, -0.25) is 4.79 Å². The van der Waals surface area contributed by atoms with Crippen LogP contribution in [0.5, 0.6) is 0 Å². The standard InChI is InChI=1S/C11H16F2O2/c1-7-2-4-8(5-3-7)10(9(14)15)6-11(10,12)13/h7-8H,2-6H2,1H3,(H,14,15). The maximum absolute atomic E-state index is 13.2. The van der Waals surface area contributed by atoms with Crippen LogP contribution < -0.4 is 0 Å². The molecule has 0 saturated heterocycles. The van der Waals surface area contributed by atoms with Gasteiger partial charge in [-0.1, -0.05) is 19.8 Å². The van der Waals surface area contributed by atoms with E-state index in [1.54, 1.807) is 0 Å². The minimum Gasteiger partial charge on any atom is -0.481 e. The predicted molar refractivity (Wildman–Crippen MR) is 50.8 cm³/mol. The van der Waals surface area contributed by atoms with E-state index in [1.807, 2.05) is 0 Å². The van der Waals surface area contributed by atoms with Crippen LogP contribution in [0.3, 0.4) is 0 Å². The first-order valence-electron chi connectivity index (χ1n) is 5.51. The van der Waals surface area contributed by atoms with Gasteiger partial charge >= 0.3 is 5.97 Å². The summed E-state index contributed by atoms with van der Waals surface area (Å²) in [5, 5.41) is 8.98. The van der Waals surface area contributed by atoms with Gasteiger partial charge in [-0.25, -0.2) is 8.78 Å². The van der Waals surface area contributed by atoms with Crippen molar-refractivity contribution in [1.82, 2.24) is 0 Å². The van der Waals surface area contributed by atoms with Crippen molar-refractivity contribution in [1.29, 1.82) is 0 Å². The van der Waals surface area contributed by atoms with Crippen molar-refractivity contribution in [2.75, 3.05) is 0 Å². The number of carbonyl (C=O) groups is 1. The van der Waals surface area contributed by atoms with E-state index in [0.717, 1.165) is 12.8 Å². The van der Waals surface area contributed by atoms with E-state index >= 15 is 0 Å². The monoisotopic (exact) mass is 218 g/mol. The second kappa shape index (κ2) is 3.16. The number of rotatable bonds is 2. The molecule has 2 aliphatic rings. The number of hydrogen-bond acceptors (Lipinski definition) is 1. The van der Waals surface area contributed by atoms with E-state index in [1.165, 1.54) is 0 Å². The Balaban J connectivity index is 2.12. The molecule has 1 unspecified atom stereocenters. The first-order chi connectivity index (χ1) is 6.90. The Morgan fingerprint density at radius 3 is 2.07 bits per heavy atom. The highest BCUT2D eigenvalue weighted by Crippen LogP contribution is 2.67. The molecule has 2 nitrogen and oxygen atoms in total. The number of halogens is 2. The molecule has 1 atom stereocenters. The van der Waals surface area contributed by atoms with Crippen molar-refractivity contribution in [2.45, 2.75) is 45.0 Å². The summed E-state index contributed by atoms with van der Waals surface area (Å²) >= 11 is 0. The topological polar surface area (TPSA) is 37.3 Å². The fourth-order valence-corrected chi connectivity index (χ4v) is 2.91. The lowest BCUT2D eigenvalue weighted by Crippen LogP contribution is -2.33. The summed E-state index contributed by atoms with van der Waals surface area (Å²) in [6, 6.07) is 0. The highest BCUT2D eigenvalue weighted by molar-refractivity contribution is 5.80. The Labute approximate surface area is 87.7 Å². The SMILES string of the molecule is CC1CCC(C2(C(=O)O)CC2(F)F)CC1. The van der Waals surface area contributed by atoms with Crippen molar-refractivity contribution in [3.05, 3.63) is 0 Å². The lowest BCUT2D eigenvalue weighted by atomic mass is 9.74. The average molecular weight is 218 g/mol. The molecule has 0 amide bonds. The van der Waals surface area contributed by atoms with Gasteiger partial charge in [0, 0.05) is 6.42 Å². The molecule has 0 aromatic carbocycles. The van der Waals surface area contributed by atoms with E-state index in [2.05, 4.69) is 6.92 Å². The Kier molecular flexibility index (Phi) is 2.28. The summed E-state index contributed by atoms with van der Waals surface area (Å²) in [4.78, 5) is 11.0. The minimum absolute atomic E-state index is 0.318. The Morgan fingerprint density at radius 1 is 1.27 bits per heavy atom. The van der Waals surface area contributed by atoms with Gasteiger partial charge in [-0.2, -0.15) is 0 Å². The zero-order valence-electron chi connectivity index (χ0n) is 8.80. The molecule has 2 aliphatic carbocycles. The van der Waals surface area contributed by atoms with E-state index in [0.29, 0.717) is 18.8 Å². The third-order valence-corrected chi connectivity index (χ3v) is 4.12. The molecule has 0 spiro atoms. The van der Waals surface area contributed by atoms with Crippen LogP contribution in [0.25, 0.3) is 0 Å². The van der Waals surface area contributed by atoms with Crippen LogP contribution in [0.15, 0.2) is 0 Å². The normalized spacial score (nSPS) is 43.7. The molecule has 0 aromatic heterocycles. The number of aliphatic carboxylic acids is 1. The summed E-state index contributed by atoms with van der Waals surface area (Å²) in [6.07, 6.45) is 2.60. The second-order valence-electron chi connectivity index (χ2n) is 5.11. The van der Waals surface area contributed by atoms with Crippen LogP contribution in [0, 0.1) is 17.3 Å². The number of hydrogen-bond donors (Lipinski definition) is 1. The van der Waals surface area contributed by atoms with Crippen LogP contribution in [0.1, 0.15) is 39.0 Å². The molecule has 0 heterocycles. The highest BCUT2D eigenvalue weighted by atomic mass is 19.3. The first-order valence-corrected chi connectivity index (χ1v) is 5.51. The summed E-state index contributed by atoms with van der Waals surface area (Å²) in [5.41, 5.74) is -1.72. The fourth-order valence-electron chi connectivity index (χ4n) is 2.91. The van der Waals surface area contributed by atoms with Crippen molar-refractivity contribution in [3.8, 4) is 0 Å². The van der Waals surface area contributed by atoms with Crippen LogP contribution in [-0.2, 0) is 4.79 Å². The Morgan fingerprint density at radius 2 is 1.73 bits per heavy atom. The third-order valence-electron chi connectivity index (χ3n) is 4.12. The lowest BCUT2D eigenvalue weighted by molar-refractivity contribution is -0.152.